The number of aromatic carboxylic acids is 1. The molecule has 0 aliphatic rings. The molecule has 0 aliphatic heterocycles. The lowest BCUT2D eigenvalue weighted by atomic mass is 10.0. The van der Waals surface area contributed by atoms with Crippen molar-refractivity contribution in [3.05, 3.63) is 77.0 Å². The topological polar surface area (TPSA) is 62.8 Å². The zero-order chi connectivity index (χ0) is 17.1. The van der Waals surface area contributed by atoms with E-state index in [1.54, 1.807) is 24.4 Å². The van der Waals surface area contributed by atoms with Crippen LogP contribution < -0.4 is 0 Å². The average molecular weight is 319 g/mol. The highest BCUT2D eigenvalue weighted by molar-refractivity contribution is 5.89. The van der Waals surface area contributed by atoms with Crippen LogP contribution in [0.3, 0.4) is 0 Å². The minimum Gasteiger partial charge on any atom is -0.478 e. The van der Waals surface area contributed by atoms with Gasteiger partial charge in [-0.3, -0.25) is 4.99 Å². The number of carboxylic acids is 1. The summed E-state index contributed by atoms with van der Waals surface area (Å²) >= 11 is 0. The Kier molecular flexibility index (Phi) is 4.29. The fourth-order valence-electron chi connectivity index (χ4n) is 2.49. The molecule has 0 atom stereocenters. The number of aryl methyl sites for hydroxylation is 2. The van der Waals surface area contributed by atoms with Crippen LogP contribution in [0.2, 0.25) is 0 Å². The van der Waals surface area contributed by atoms with Crippen molar-refractivity contribution in [1.29, 1.82) is 0 Å². The van der Waals surface area contributed by atoms with Crippen LogP contribution in [-0.4, -0.2) is 17.3 Å². The summed E-state index contributed by atoms with van der Waals surface area (Å²) in [5.74, 6) is 0.401. The van der Waals surface area contributed by atoms with Crippen molar-refractivity contribution < 1.29 is 14.3 Å². The van der Waals surface area contributed by atoms with Gasteiger partial charge in [0, 0.05) is 5.56 Å². The van der Waals surface area contributed by atoms with Crippen LogP contribution in [0, 0.1) is 13.8 Å². The van der Waals surface area contributed by atoms with Crippen LogP contribution in [0.1, 0.15) is 27.2 Å². The summed E-state index contributed by atoms with van der Waals surface area (Å²) in [6.45, 7) is 3.89. The third kappa shape index (κ3) is 3.43. The highest BCUT2D eigenvalue weighted by atomic mass is 16.4. The van der Waals surface area contributed by atoms with Crippen molar-refractivity contribution in [2.75, 3.05) is 0 Å². The number of aliphatic imine (C=N–C) groups is 1. The molecule has 3 rings (SSSR count). The van der Waals surface area contributed by atoms with Gasteiger partial charge in [0.15, 0.2) is 0 Å². The number of carboxylic acid groups (broad SMARTS) is 1. The molecule has 1 heterocycles. The molecule has 0 saturated carbocycles. The minimum atomic E-state index is -0.935. The molecule has 120 valence electrons. The molecule has 0 spiro atoms. The predicted octanol–water partition coefficient (Wildman–Crippen LogP) is 5.01. The molecule has 0 radical (unpaired) electrons. The van der Waals surface area contributed by atoms with E-state index in [9.17, 15) is 4.79 Å². The van der Waals surface area contributed by atoms with Crippen LogP contribution in [-0.2, 0) is 0 Å². The Hall–Kier alpha value is -3.14. The first-order valence-electron chi connectivity index (χ1n) is 7.58. The average Bonchev–Trinajstić information content (AvgIpc) is 3.01. The highest BCUT2D eigenvalue weighted by Crippen LogP contribution is 2.26. The highest BCUT2D eigenvalue weighted by Gasteiger charge is 2.10. The lowest BCUT2D eigenvalue weighted by Gasteiger charge is -2.03. The second kappa shape index (κ2) is 6.54. The molecule has 0 aliphatic carbocycles. The van der Waals surface area contributed by atoms with Gasteiger partial charge in [0.25, 0.3) is 0 Å². The van der Waals surface area contributed by atoms with Crippen molar-refractivity contribution >= 4 is 17.9 Å². The Labute approximate surface area is 140 Å². The lowest BCUT2D eigenvalue weighted by molar-refractivity contribution is 0.0697. The van der Waals surface area contributed by atoms with E-state index in [4.69, 9.17) is 9.52 Å². The van der Waals surface area contributed by atoms with Crippen molar-refractivity contribution in [2.24, 2.45) is 4.99 Å². The number of rotatable bonds is 4. The second-order valence-electron chi connectivity index (χ2n) is 5.63. The first kappa shape index (κ1) is 15.7. The molecule has 0 saturated heterocycles. The molecule has 24 heavy (non-hydrogen) atoms. The van der Waals surface area contributed by atoms with Gasteiger partial charge < -0.3 is 9.52 Å². The van der Waals surface area contributed by atoms with Crippen molar-refractivity contribution in [2.45, 2.75) is 13.8 Å². The first-order valence-corrected chi connectivity index (χ1v) is 7.58. The Balaban J connectivity index is 1.84. The van der Waals surface area contributed by atoms with Crippen molar-refractivity contribution in [3.8, 4) is 11.3 Å². The van der Waals surface area contributed by atoms with Gasteiger partial charge >= 0.3 is 5.97 Å². The number of furan rings is 1. The van der Waals surface area contributed by atoms with E-state index in [1.807, 2.05) is 50.2 Å². The van der Waals surface area contributed by atoms with Crippen molar-refractivity contribution in [1.82, 2.24) is 0 Å². The van der Waals surface area contributed by atoms with E-state index in [0.29, 0.717) is 11.5 Å². The number of nitrogens with zero attached hydrogens (tertiary/aromatic N) is 1. The van der Waals surface area contributed by atoms with E-state index in [-0.39, 0.29) is 5.56 Å². The molecular formula is C20H17NO3. The Morgan fingerprint density at radius 2 is 1.92 bits per heavy atom. The zero-order valence-corrected chi connectivity index (χ0v) is 13.5. The Bertz CT molecular complexity index is 922. The molecule has 0 unspecified atom stereocenters. The van der Waals surface area contributed by atoms with Crippen LogP contribution >= 0.6 is 0 Å². The van der Waals surface area contributed by atoms with Gasteiger partial charge in [-0.25, -0.2) is 4.79 Å². The maximum absolute atomic E-state index is 11.0. The van der Waals surface area contributed by atoms with E-state index in [1.165, 1.54) is 0 Å². The van der Waals surface area contributed by atoms with Gasteiger partial charge in [-0.15, -0.1) is 0 Å². The Morgan fingerprint density at radius 3 is 2.62 bits per heavy atom. The molecule has 3 aromatic rings. The number of benzene rings is 2. The van der Waals surface area contributed by atoms with E-state index in [2.05, 4.69) is 4.99 Å². The van der Waals surface area contributed by atoms with Gasteiger partial charge in [-0.1, -0.05) is 18.2 Å². The van der Waals surface area contributed by atoms with Crippen LogP contribution in [0.4, 0.5) is 5.69 Å². The van der Waals surface area contributed by atoms with Gasteiger partial charge in [0.05, 0.1) is 17.5 Å². The van der Waals surface area contributed by atoms with Gasteiger partial charge in [-0.05, 0) is 61.4 Å². The second-order valence-corrected chi connectivity index (χ2v) is 5.63. The fourth-order valence-corrected chi connectivity index (χ4v) is 2.49. The third-order valence-corrected chi connectivity index (χ3v) is 3.71. The maximum atomic E-state index is 11.0. The maximum Gasteiger partial charge on any atom is 0.335 e. The summed E-state index contributed by atoms with van der Waals surface area (Å²) in [6.07, 6.45) is 1.68. The molecular weight excluding hydrogens is 302 g/mol. The van der Waals surface area contributed by atoms with E-state index >= 15 is 0 Å². The number of carbonyl (C=O) groups is 1. The van der Waals surface area contributed by atoms with Crippen LogP contribution in [0.15, 0.2) is 64.0 Å². The minimum absolute atomic E-state index is 0.268. The number of hydrogen-bond acceptors (Lipinski definition) is 3. The lowest BCUT2D eigenvalue weighted by Crippen LogP contribution is -1.96. The molecule has 4 nitrogen and oxygen atoms in total. The predicted molar refractivity (Wildman–Crippen MR) is 94.3 cm³/mol. The normalized spacial score (nSPS) is 11.1. The molecule has 1 aromatic heterocycles. The van der Waals surface area contributed by atoms with Gasteiger partial charge in [-0.2, -0.15) is 0 Å². The largest absolute Gasteiger partial charge is 0.478 e. The number of hydrogen-bond donors (Lipinski definition) is 1. The first-order chi connectivity index (χ1) is 11.5. The standard InChI is InChI=1S/C20H17NO3/c1-13-4-3-5-16(10-13)21-12-17-7-9-19(24-17)18-8-6-15(20(22)23)11-14(18)2/h3-12H,1-2H3,(H,22,23). The summed E-state index contributed by atoms with van der Waals surface area (Å²) in [4.78, 5) is 15.4. The molecule has 1 N–H and O–H groups in total. The summed E-state index contributed by atoms with van der Waals surface area (Å²) in [5.41, 5.74) is 4.01. The van der Waals surface area contributed by atoms with Gasteiger partial charge in [0.1, 0.15) is 11.5 Å². The summed E-state index contributed by atoms with van der Waals surface area (Å²) in [7, 11) is 0. The quantitative estimate of drug-likeness (QED) is 0.687. The van der Waals surface area contributed by atoms with Crippen molar-refractivity contribution in [3.63, 3.8) is 0 Å². The summed E-state index contributed by atoms with van der Waals surface area (Å²) < 4.78 is 5.81. The smallest absolute Gasteiger partial charge is 0.335 e. The molecule has 4 heteroatoms. The van der Waals surface area contributed by atoms with E-state index < -0.39 is 5.97 Å². The monoisotopic (exact) mass is 319 g/mol. The van der Waals surface area contributed by atoms with Gasteiger partial charge in [0.2, 0.25) is 0 Å². The Morgan fingerprint density at radius 1 is 1.08 bits per heavy atom. The molecule has 2 aromatic carbocycles. The van der Waals surface area contributed by atoms with E-state index in [0.717, 1.165) is 22.4 Å². The molecule has 0 bridgehead atoms. The third-order valence-electron chi connectivity index (χ3n) is 3.71. The zero-order valence-electron chi connectivity index (χ0n) is 13.5. The van der Waals surface area contributed by atoms with Crippen LogP contribution in [0.25, 0.3) is 11.3 Å². The summed E-state index contributed by atoms with van der Waals surface area (Å²) in [6, 6.07) is 16.6. The molecule has 0 amide bonds. The fraction of sp³-hybridized carbons (Fsp3) is 0.100. The SMILES string of the molecule is Cc1cccc(N=Cc2ccc(-c3ccc(C(=O)O)cc3C)o2)c1. The van der Waals surface area contributed by atoms with Crippen LogP contribution in [0.5, 0.6) is 0 Å². The summed E-state index contributed by atoms with van der Waals surface area (Å²) in [5, 5.41) is 9.03. The molecule has 0 fully saturated rings.